The van der Waals surface area contributed by atoms with Gasteiger partial charge in [-0.15, -0.1) is 0 Å². The van der Waals surface area contributed by atoms with Gasteiger partial charge in [0, 0.05) is 25.2 Å². The highest BCUT2D eigenvalue weighted by atomic mass is 19.1. The van der Waals surface area contributed by atoms with E-state index in [1.807, 2.05) is 18.2 Å². The number of phenols is 1. The highest BCUT2D eigenvalue weighted by Gasteiger charge is 2.33. The second kappa shape index (κ2) is 11.0. The van der Waals surface area contributed by atoms with Crippen LogP contribution in [-0.4, -0.2) is 54.1 Å². The zero-order valence-corrected chi connectivity index (χ0v) is 20.5. The molecule has 1 aliphatic heterocycles. The topological polar surface area (TPSA) is 66.2 Å². The highest BCUT2D eigenvalue weighted by molar-refractivity contribution is 5.95. The highest BCUT2D eigenvalue weighted by Crippen LogP contribution is 2.33. The van der Waals surface area contributed by atoms with Gasteiger partial charge in [0.2, 0.25) is 0 Å². The predicted octanol–water partition coefficient (Wildman–Crippen LogP) is 5.04. The van der Waals surface area contributed by atoms with Gasteiger partial charge in [-0.3, -0.25) is 9.69 Å². The van der Waals surface area contributed by atoms with Crippen molar-refractivity contribution >= 4 is 5.91 Å². The Balaban J connectivity index is 1.49. The molecule has 1 aromatic heterocycles. The van der Waals surface area contributed by atoms with Crippen molar-refractivity contribution in [1.82, 2.24) is 9.80 Å². The number of likely N-dealkylation sites (tertiary alicyclic amines) is 1. The number of benzene rings is 2. The Kier molecular flexibility index (Phi) is 7.76. The first kappa shape index (κ1) is 24.8. The van der Waals surface area contributed by atoms with Crippen molar-refractivity contribution in [1.29, 1.82) is 0 Å². The van der Waals surface area contributed by atoms with Gasteiger partial charge >= 0.3 is 0 Å². The molecule has 0 saturated carbocycles. The average Bonchev–Trinajstić information content (AvgIpc) is 3.30. The van der Waals surface area contributed by atoms with E-state index in [-0.39, 0.29) is 29.4 Å². The fraction of sp³-hybridized carbons (Fsp3) is 0.393. The molecule has 1 saturated heterocycles. The molecule has 1 fully saturated rings. The van der Waals surface area contributed by atoms with E-state index in [1.54, 1.807) is 50.2 Å². The minimum absolute atomic E-state index is 0.110. The van der Waals surface area contributed by atoms with Crippen molar-refractivity contribution in [2.24, 2.45) is 5.92 Å². The molecule has 0 unspecified atom stereocenters. The summed E-state index contributed by atoms with van der Waals surface area (Å²) in [6, 6.07) is 13.9. The maximum Gasteiger partial charge on any atom is 0.257 e. The quantitative estimate of drug-likeness (QED) is 0.490. The zero-order chi connectivity index (χ0) is 24.9. The third-order valence-corrected chi connectivity index (χ3v) is 7.17. The number of para-hydroxylation sites is 1. The van der Waals surface area contributed by atoms with Gasteiger partial charge in [0.25, 0.3) is 5.91 Å². The molecule has 6 nitrogen and oxygen atoms in total. The van der Waals surface area contributed by atoms with E-state index < -0.39 is 0 Å². The average molecular weight is 481 g/mol. The lowest BCUT2D eigenvalue weighted by Gasteiger charge is -2.40. The minimum Gasteiger partial charge on any atom is -0.504 e. The number of methoxy groups -OCH3 is 1. The second-order valence-electron chi connectivity index (χ2n) is 9.25. The number of aromatic hydroxyl groups is 1. The molecule has 3 aromatic rings. The lowest BCUT2D eigenvalue weighted by atomic mass is 9.84. The number of carbonyl (C=O) groups is 1. The molecule has 0 bridgehead atoms. The first-order chi connectivity index (χ1) is 16.9. The van der Waals surface area contributed by atoms with Crippen LogP contribution < -0.4 is 4.74 Å². The molecule has 186 valence electrons. The normalized spacial score (nSPS) is 15.7. The first-order valence-electron chi connectivity index (χ1n) is 12.0. The lowest BCUT2D eigenvalue weighted by Crippen LogP contribution is -2.47. The molecule has 0 aliphatic carbocycles. The summed E-state index contributed by atoms with van der Waals surface area (Å²) in [5, 5.41) is 10.5. The number of rotatable bonds is 8. The number of hydrogen-bond donors (Lipinski definition) is 1. The summed E-state index contributed by atoms with van der Waals surface area (Å²) in [4.78, 5) is 17.4. The number of likely N-dealkylation sites (N-methyl/N-ethyl adjacent to an activating group) is 1. The van der Waals surface area contributed by atoms with Gasteiger partial charge in [0.15, 0.2) is 11.5 Å². The first-order valence-corrected chi connectivity index (χ1v) is 12.0. The van der Waals surface area contributed by atoms with Crippen LogP contribution >= 0.6 is 0 Å². The largest absolute Gasteiger partial charge is 0.504 e. The summed E-state index contributed by atoms with van der Waals surface area (Å²) >= 11 is 0. The van der Waals surface area contributed by atoms with E-state index in [1.165, 1.54) is 12.3 Å². The number of furan rings is 1. The second-order valence-corrected chi connectivity index (χ2v) is 9.25. The Morgan fingerprint density at radius 3 is 2.54 bits per heavy atom. The molecule has 1 N–H and O–H groups in total. The Bertz CT molecular complexity index is 1150. The zero-order valence-electron chi connectivity index (χ0n) is 20.5. The summed E-state index contributed by atoms with van der Waals surface area (Å²) < 4.78 is 25.1. The molecule has 0 radical (unpaired) electrons. The number of piperidine rings is 1. The molecule has 0 spiro atoms. The summed E-state index contributed by atoms with van der Waals surface area (Å²) in [5.74, 6) is 1.09. The standard InChI is InChI=1S/C28H33FN2O4/c1-19-23(13-16-35-19)28(33)30(2)25(17-21-7-4-5-9-24(21)29)20-11-14-31(15-12-20)18-22-8-6-10-26(34-3)27(22)32/h4-10,13,16,20,25,32H,11-12,14-15,17-18H2,1-3H3/t25-/m0/s1. The van der Waals surface area contributed by atoms with E-state index in [4.69, 9.17) is 9.15 Å². The van der Waals surface area contributed by atoms with Crippen LogP contribution in [0.15, 0.2) is 59.2 Å². The number of hydrogen-bond acceptors (Lipinski definition) is 5. The van der Waals surface area contributed by atoms with Crippen LogP contribution in [0.1, 0.15) is 40.1 Å². The molecular formula is C28H33FN2O4. The number of aryl methyl sites for hydroxylation is 1. The maximum absolute atomic E-state index is 14.6. The van der Waals surface area contributed by atoms with E-state index in [0.29, 0.717) is 35.6 Å². The fourth-order valence-corrected chi connectivity index (χ4v) is 5.05. The predicted molar refractivity (Wildman–Crippen MR) is 132 cm³/mol. The van der Waals surface area contributed by atoms with E-state index in [9.17, 15) is 14.3 Å². The number of amides is 1. The summed E-state index contributed by atoms with van der Waals surface area (Å²) in [6.45, 7) is 4.04. The van der Waals surface area contributed by atoms with Gasteiger partial charge < -0.3 is 19.2 Å². The number of nitrogens with zero attached hydrogens (tertiary/aromatic N) is 2. The molecule has 4 rings (SSSR count). The third-order valence-electron chi connectivity index (χ3n) is 7.17. The van der Waals surface area contributed by atoms with Crippen molar-refractivity contribution in [2.45, 2.75) is 38.8 Å². The maximum atomic E-state index is 14.6. The number of carbonyl (C=O) groups excluding carboxylic acids is 1. The smallest absolute Gasteiger partial charge is 0.257 e. The van der Waals surface area contributed by atoms with Crippen LogP contribution in [0.2, 0.25) is 0 Å². The van der Waals surface area contributed by atoms with Crippen LogP contribution in [0.5, 0.6) is 11.5 Å². The third kappa shape index (κ3) is 5.51. The van der Waals surface area contributed by atoms with Crippen molar-refractivity contribution in [3.05, 3.63) is 83.1 Å². The van der Waals surface area contributed by atoms with Crippen molar-refractivity contribution < 1.29 is 23.4 Å². The number of ether oxygens (including phenoxy) is 1. The lowest BCUT2D eigenvalue weighted by molar-refractivity contribution is 0.0581. The monoisotopic (exact) mass is 480 g/mol. The summed E-state index contributed by atoms with van der Waals surface area (Å²) in [5.41, 5.74) is 1.98. The Labute approximate surface area is 205 Å². The number of halogens is 1. The van der Waals surface area contributed by atoms with Gasteiger partial charge in [-0.2, -0.15) is 0 Å². The Morgan fingerprint density at radius 2 is 1.89 bits per heavy atom. The minimum atomic E-state index is -0.247. The van der Waals surface area contributed by atoms with Crippen molar-refractivity contribution in [2.75, 3.05) is 27.2 Å². The molecule has 2 heterocycles. The summed E-state index contributed by atoms with van der Waals surface area (Å²) in [6.07, 6.45) is 3.71. The molecular weight excluding hydrogens is 447 g/mol. The van der Waals surface area contributed by atoms with Gasteiger partial charge in [-0.25, -0.2) is 4.39 Å². The van der Waals surface area contributed by atoms with E-state index in [2.05, 4.69) is 4.90 Å². The number of phenolic OH excluding ortho intramolecular Hbond substituents is 1. The Morgan fingerprint density at radius 1 is 1.17 bits per heavy atom. The van der Waals surface area contributed by atoms with Crippen LogP contribution in [0, 0.1) is 18.7 Å². The van der Waals surface area contributed by atoms with Gasteiger partial charge in [-0.1, -0.05) is 30.3 Å². The van der Waals surface area contributed by atoms with Crippen LogP contribution in [0.3, 0.4) is 0 Å². The van der Waals surface area contributed by atoms with Crippen LogP contribution in [-0.2, 0) is 13.0 Å². The van der Waals surface area contributed by atoms with Gasteiger partial charge in [0.1, 0.15) is 11.6 Å². The molecule has 2 aromatic carbocycles. The molecule has 1 atom stereocenters. The molecule has 35 heavy (non-hydrogen) atoms. The Hall–Kier alpha value is -3.32. The van der Waals surface area contributed by atoms with Crippen molar-refractivity contribution in [3.63, 3.8) is 0 Å². The molecule has 7 heteroatoms. The SMILES string of the molecule is COc1cccc(CN2CCC([C@H](Cc3ccccc3F)N(C)C(=O)c3ccoc3C)CC2)c1O. The molecule has 1 aliphatic rings. The molecule has 1 amide bonds. The van der Waals surface area contributed by atoms with Crippen molar-refractivity contribution in [3.8, 4) is 11.5 Å². The fourth-order valence-electron chi connectivity index (χ4n) is 5.05. The van der Waals surface area contributed by atoms with Crippen LogP contribution in [0.25, 0.3) is 0 Å². The van der Waals surface area contributed by atoms with E-state index in [0.717, 1.165) is 31.5 Å². The van der Waals surface area contributed by atoms with Gasteiger partial charge in [-0.05, 0) is 69.0 Å². The van der Waals surface area contributed by atoms with Gasteiger partial charge in [0.05, 0.1) is 18.9 Å². The van der Waals surface area contributed by atoms with E-state index >= 15 is 0 Å². The van der Waals surface area contributed by atoms with Crippen LogP contribution in [0.4, 0.5) is 4.39 Å². The summed E-state index contributed by atoms with van der Waals surface area (Å²) in [7, 11) is 3.35.